The lowest BCUT2D eigenvalue weighted by atomic mass is 10.1. The molecular weight excluding hydrogens is 350 g/mol. The first-order valence-corrected chi connectivity index (χ1v) is 8.07. The van der Waals surface area contributed by atoms with Crippen molar-refractivity contribution in [3.8, 4) is 0 Å². The number of H-pyrrole nitrogens is 1. The molecule has 8 nitrogen and oxygen atoms in total. The molecule has 3 aromatic rings. The number of aliphatic carboxylic acids is 2. The van der Waals surface area contributed by atoms with Gasteiger partial charge in [0.1, 0.15) is 0 Å². The number of fused-ring (bicyclic) bond motifs is 1. The van der Waals surface area contributed by atoms with E-state index in [1.165, 1.54) is 0 Å². The lowest BCUT2D eigenvalue weighted by Gasteiger charge is -1.98. The van der Waals surface area contributed by atoms with E-state index in [9.17, 15) is 14.4 Å². The van der Waals surface area contributed by atoms with Crippen molar-refractivity contribution >= 4 is 28.6 Å². The summed E-state index contributed by atoms with van der Waals surface area (Å²) < 4.78 is 2.00. The molecule has 0 radical (unpaired) electrons. The highest BCUT2D eigenvalue weighted by atomic mass is 16.4. The molecule has 2 heterocycles. The van der Waals surface area contributed by atoms with Crippen LogP contribution >= 0.6 is 0 Å². The maximum atomic E-state index is 12.3. The molecule has 0 fully saturated rings. The van der Waals surface area contributed by atoms with Crippen molar-refractivity contribution in [2.24, 2.45) is 7.05 Å². The summed E-state index contributed by atoms with van der Waals surface area (Å²) in [5, 5.41) is 16.7. The lowest BCUT2D eigenvalue weighted by molar-refractivity contribution is -0.134. The number of carboxylic acid groups (broad SMARTS) is 2. The van der Waals surface area contributed by atoms with Gasteiger partial charge in [0.2, 0.25) is 0 Å². The summed E-state index contributed by atoms with van der Waals surface area (Å²) in [7, 11) is 1.97. The number of ketones is 1. The quantitative estimate of drug-likeness (QED) is 0.453. The van der Waals surface area contributed by atoms with E-state index in [-0.39, 0.29) is 5.78 Å². The van der Waals surface area contributed by atoms with Crippen molar-refractivity contribution in [1.29, 1.82) is 0 Å². The second kappa shape index (κ2) is 9.14. The van der Waals surface area contributed by atoms with Gasteiger partial charge in [-0.3, -0.25) is 4.79 Å². The summed E-state index contributed by atoms with van der Waals surface area (Å²) in [6, 6.07) is 7.98. The molecule has 3 rings (SSSR count). The molecule has 2 aromatic heterocycles. The topological polar surface area (TPSA) is 125 Å². The second-order valence-corrected chi connectivity index (χ2v) is 5.68. The molecular formula is C19H19N3O5. The van der Waals surface area contributed by atoms with E-state index in [4.69, 9.17) is 10.2 Å². The first-order valence-electron chi connectivity index (χ1n) is 8.07. The molecule has 8 heteroatoms. The van der Waals surface area contributed by atoms with Crippen LogP contribution in [0.2, 0.25) is 0 Å². The average Bonchev–Trinajstić information content (AvgIpc) is 3.27. The molecule has 0 bridgehead atoms. The minimum Gasteiger partial charge on any atom is -0.478 e. The van der Waals surface area contributed by atoms with E-state index in [1.54, 1.807) is 12.5 Å². The van der Waals surface area contributed by atoms with Gasteiger partial charge in [-0.25, -0.2) is 14.6 Å². The molecule has 0 saturated carbocycles. The highest BCUT2D eigenvalue weighted by molar-refractivity contribution is 6.08. The predicted molar refractivity (Wildman–Crippen MR) is 98.6 cm³/mol. The fourth-order valence-electron chi connectivity index (χ4n) is 2.51. The van der Waals surface area contributed by atoms with E-state index in [2.05, 4.69) is 9.97 Å². The van der Waals surface area contributed by atoms with Gasteiger partial charge >= 0.3 is 11.9 Å². The Morgan fingerprint density at radius 1 is 1.15 bits per heavy atom. The molecule has 0 amide bonds. The molecule has 27 heavy (non-hydrogen) atoms. The van der Waals surface area contributed by atoms with E-state index >= 15 is 0 Å². The Morgan fingerprint density at radius 3 is 2.41 bits per heavy atom. The van der Waals surface area contributed by atoms with Gasteiger partial charge in [-0.05, 0) is 12.5 Å². The minimum atomic E-state index is -1.26. The number of nitrogens with one attached hydrogen (secondary N) is 1. The zero-order valence-electron chi connectivity index (χ0n) is 14.6. The van der Waals surface area contributed by atoms with Gasteiger partial charge in [-0.15, -0.1) is 0 Å². The number of aromatic amines is 1. The number of Topliss-reactive ketones (excluding diaryl/α,β-unsaturated/α-hetero) is 1. The first-order chi connectivity index (χ1) is 12.9. The van der Waals surface area contributed by atoms with Gasteiger partial charge in [-0.1, -0.05) is 18.2 Å². The number of hydrogen-bond acceptors (Lipinski definition) is 4. The SMILES string of the molecule is Cn1cc(C(=O)CCc2cnc[nH]2)c2ccccc21.O=C(O)C=CC(=O)O. The number of para-hydroxylation sites is 1. The largest absolute Gasteiger partial charge is 0.478 e. The van der Waals surface area contributed by atoms with E-state index < -0.39 is 11.9 Å². The molecule has 0 aliphatic carbocycles. The third-order valence-corrected chi connectivity index (χ3v) is 3.74. The van der Waals surface area contributed by atoms with Crippen molar-refractivity contribution in [3.05, 3.63) is 66.4 Å². The Balaban J connectivity index is 0.000000279. The third-order valence-electron chi connectivity index (χ3n) is 3.74. The van der Waals surface area contributed by atoms with Crippen molar-refractivity contribution in [2.45, 2.75) is 12.8 Å². The summed E-state index contributed by atoms with van der Waals surface area (Å²) in [6.45, 7) is 0. The lowest BCUT2D eigenvalue weighted by Crippen LogP contribution is -2.00. The molecule has 140 valence electrons. The molecule has 0 spiro atoms. The molecule has 0 aliphatic rings. The number of aryl methyl sites for hydroxylation is 2. The van der Waals surface area contributed by atoms with E-state index in [1.807, 2.05) is 42.1 Å². The smallest absolute Gasteiger partial charge is 0.328 e. The number of imidazole rings is 1. The van der Waals surface area contributed by atoms with Crippen LogP contribution in [-0.4, -0.2) is 42.5 Å². The minimum absolute atomic E-state index is 0.173. The van der Waals surface area contributed by atoms with Crippen LogP contribution in [0.1, 0.15) is 22.5 Å². The molecule has 0 saturated heterocycles. The van der Waals surface area contributed by atoms with Gasteiger partial charge in [0.05, 0.1) is 6.33 Å². The van der Waals surface area contributed by atoms with E-state index in [0.717, 1.165) is 22.2 Å². The predicted octanol–water partition coefficient (Wildman–Crippen LogP) is 2.43. The molecule has 0 atom stereocenters. The second-order valence-electron chi connectivity index (χ2n) is 5.68. The fraction of sp³-hybridized carbons (Fsp3) is 0.158. The fourth-order valence-corrected chi connectivity index (χ4v) is 2.51. The summed E-state index contributed by atoms with van der Waals surface area (Å²) >= 11 is 0. The molecule has 0 unspecified atom stereocenters. The van der Waals surface area contributed by atoms with Gasteiger partial charge in [-0.2, -0.15) is 0 Å². The van der Waals surface area contributed by atoms with Gasteiger partial charge in [0.15, 0.2) is 5.78 Å². The van der Waals surface area contributed by atoms with Crippen LogP contribution in [0.25, 0.3) is 10.9 Å². The van der Waals surface area contributed by atoms with Crippen LogP contribution < -0.4 is 0 Å². The number of rotatable bonds is 6. The van der Waals surface area contributed by atoms with Gasteiger partial charge < -0.3 is 19.8 Å². The van der Waals surface area contributed by atoms with Crippen LogP contribution in [0.3, 0.4) is 0 Å². The Kier molecular flexibility index (Phi) is 6.65. The maximum absolute atomic E-state index is 12.3. The number of carbonyl (C=O) groups excluding carboxylic acids is 1. The summed E-state index contributed by atoms with van der Waals surface area (Å²) in [5.74, 6) is -2.34. The Labute approximate surface area is 154 Å². The average molecular weight is 369 g/mol. The summed E-state index contributed by atoms with van der Waals surface area (Å²) in [5.41, 5.74) is 2.89. The third kappa shape index (κ3) is 5.67. The van der Waals surface area contributed by atoms with Crippen molar-refractivity contribution in [1.82, 2.24) is 14.5 Å². The maximum Gasteiger partial charge on any atom is 0.328 e. The van der Waals surface area contributed by atoms with Crippen molar-refractivity contribution in [2.75, 3.05) is 0 Å². The number of carbonyl (C=O) groups is 3. The molecule has 3 N–H and O–H groups in total. The van der Waals surface area contributed by atoms with E-state index in [0.29, 0.717) is 25.0 Å². The number of nitrogens with zero attached hydrogens (tertiary/aromatic N) is 2. The standard InChI is InChI=1S/C15H15N3O.C4H4O4/c1-18-9-13(12-4-2-3-5-14(12)18)15(19)7-6-11-8-16-10-17-11;5-3(6)1-2-4(7)8/h2-5,8-10H,6-7H2,1H3,(H,16,17);1-2H,(H,5,6)(H,7,8). The highest BCUT2D eigenvalue weighted by Gasteiger charge is 2.13. The van der Waals surface area contributed by atoms with Crippen LogP contribution in [0.15, 0.2) is 55.1 Å². The normalized spacial score (nSPS) is 10.6. The Morgan fingerprint density at radius 2 is 1.81 bits per heavy atom. The Hall–Kier alpha value is -3.68. The van der Waals surface area contributed by atoms with Crippen LogP contribution in [0, 0.1) is 0 Å². The van der Waals surface area contributed by atoms with Gasteiger partial charge in [0.25, 0.3) is 0 Å². The van der Waals surface area contributed by atoms with Gasteiger partial charge in [0, 0.05) is 60.2 Å². The number of aromatic nitrogens is 3. The van der Waals surface area contributed by atoms with Crippen LogP contribution in [0.4, 0.5) is 0 Å². The number of carboxylic acids is 2. The Bertz CT molecular complexity index is 955. The highest BCUT2D eigenvalue weighted by Crippen LogP contribution is 2.21. The summed E-state index contributed by atoms with van der Waals surface area (Å²) in [4.78, 5) is 38.4. The van der Waals surface area contributed by atoms with Crippen LogP contribution in [-0.2, 0) is 23.1 Å². The molecule has 0 aliphatic heterocycles. The van der Waals surface area contributed by atoms with Crippen molar-refractivity contribution < 1.29 is 24.6 Å². The number of hydrogen-bond donors (Lipinski definition) is 3. The molecule has 1 aromatic carbocycles. The van der Waals surface area contributed by atoms with Crippen molar-refractivity contribution in [3.63, 3.8) is 0 Å². The van der Waals surface area contributed by atoms with Crippen LogP contribution in [0.5, 0.6) is 0 Å². The first kappa shape index (κ1) is 19.6. The number of benzene rings is 1. The zero-order chi connectivity index (χ0) is 19.8. The summed E-state index contributed by atoms with van der Waals surface area (Å²) in [6.07, 6.45) is 7.62. The monoisotopic (exact) mass is 369 g/mol. The zero-order valence-corrected chi connectivity index (χ0v) is 14.6.